The molecule has 0 radical (unpaired) electrons. The number of rotatable bonds is 4. The average Bonchev–Trinajstić information content (AvgIpc) is 2.72. The van der Waals surface area contributed by atoms with Gasteiger partial charge in [-0.2, -0.15) is 13.2 Å². The Kier molecular flexibility index (Phi) is 6.41. The molecule has 5 nitrogen and oxygen atoms in total. The second-order valence-electron chi connectivity index (χ2n) is 7.00. The second kappa shape index (κ2) is 8.98. The van der Waals surface area contributed by atoms with Gasteiger partial charge in [-0.25, -0.2) is 4.79 Å². The molecule has 1 heterocycles. The number of hydrogen-bond donors (Lipinski definition) is 2. The second-order valence-corrected chi connectivity index (χ2v) is 7.00. The van der Waals surface area contributed by atoms with Crippen LogP contribution in [0.3, 0.4) is 0 Å². The van der Waals surface area contributed by atoms with E-state index in [9.17, 15) is 22.8 Å². The highest BCUT2D eigenvalue weighted by atomic mass is 19.4. The first kappa shape index (κ1) is 20.7. The molecule has 154 valence electrons. The first-order valence-corrected chi connectivity index (χ1v) is 9.38. The molecule has 0 spiro atoms. The van der Waals surface area contributed by atoms with Crippen LogP contribution in [0.2, 0.25) is 0 Å². The van der Waals surface area contributed by atoms with Crippen LogP contribution < -0.4 is 10.6 Å². The molecule has 0 bridgehead atoms. The molecule has 1 atom stereocenters. The van der Waals surface area contributed by atoms with E-state index >= 15 is 0 Å². The molecule has 0 unspecified atom stereocenters. The van der Waals surface area contributed by atoms with Gasteiger partial charge in [0.2, 0.25) is 5.91 Å². The molecule has 0 saturated carbocycles. The number of nitrogens with zero attached hydrogens (tertiary/aromatic N) is 1. The van der Waals surface area contributed by atoms with E-state index in [1.165, 1.54) is 17.0 Å². The van der Waals surface area contributed by atoms with Gasteiger partial charge in [-0.3, -0.25) is 4.79 Å². The van der Waals surface area contributed by atoms with Crippen molar-refractivity contribution in [1.82, 2.24) is 10.2 Å². The lowest BCUT2D eigenvalue weighted by Gasteiger charge is -2.32. The van der Waals surface area contributed by atoms with Crippen molar-refractivity contribution < 1.29 is 22.8 Å². The maximum atomic E-state index is 12.8. The molecule has 0 aromatic heterocycles. The van der Waals surface area contributed by atoms with Crippen molar-refractivity contribution >= 4 is 17.6 Å². The first-order valence-electron chi connectivity index (χ1n) is 9.38. The molecule has 1 fully saturated rings. The SMILES string of the molecule is O=C(Nc1ccccc1)[C@@H]1CCCN(C(=O)NCc2cccc(C(F)(F)F)c2)C1. The van der Waals surface area contributed by atoms with Gasteiger partial charge in [-0.15, -0.1) is 0 Å². The smallest absolute Gasteiger partial charge is 0.334 e. The van der Waals surface area contributed by atoms with Crippen LogP contribution in [0, 0.1) is 5.92 Å². The minimum Gasteiger partial charge on any atom is -0.334 e. The maximum absolute atomic E-state index is 12.8. The fraction of sp³-hybridized carbons (Fsp3) is 0.333. The Morgan fingerprint density at radius 1 is 1.07 bits per heavy atom. The third kappa shape index (κ3) is 5.73. The van der Waals surface area contributed by atoms with Gasteiger partial charge < -0.3 is 15.5 Å². The van der Waals surface area contributed by atoms with E-state index in [2.05, 4.69) is 10.6 Å². The summed E-state index contributed by atoms with van der Waals surface area (Å²) >= 11 is 0. The number of anilines is 1. The molecular formula is C21H22F3N3O2. The summed E-state index contributed by atoms with van der Waals surface area (Å²) in [7, 11) is 0. The summed E-state index contributed by atoms with van der Waals surface area (Å²) in [5.41, 5.74) is 0.312. The largest absolute Gasteiger partial charge is 0.416 e. The predicted molar refractivity (Wildman–Crippen MR) is 103 cm³/mol. The van der Waals surface area contributed by atoms with Gasteiger partial charge in [-0.1, -0.05) is 30.3 Å². The highest BCUT2D eigenvalue weighted by Crippen LogP contribution is 2.29. The Bertz CT molecular complexity index is 856. The van der Waals surface area contributed by atoms with Crippen LogP contribution in [-0.2, 0) is 17.5 Å². The Hall–Kier alpha value is -3.03. The van der Waals surface area contributed by atoms with Crippen LogP contribution in [0.1, 0.15) is 24.0 Å². The van der Waals surface area contributed by atoms with E-state index in [0.29, 0.717) is 30.6 Å². The summed E-state index contributed by atoms with van der Waals surface area (Å²) in [6.07, 6.45) is -3.06. The number of para-hydroxylation sites is 1. The van der Waals surface area contributed by atoms with Gasteiger partial charge in [-0.05, 0) is 42.7 Å². The lowest BCUT2D eigenvalue weighted by Crippen LogP contribution is -2.47. The van der Waals surface area contributed by atoms with E-state index in [1.807, 2.05) is 18.2 Å². The number of carbonyl (C=O) groups excluding carboxylic acids is 2. The number of benzene rings is 2. The zero-order chi connectivity index (χ0) is 20.9. The van der Waals surface area contributed by atoms with Crippen molar-refractivity contribution in [2.24, 2.45) is 5.92 Å². The van der Waals surface area contributed by atoms with Crippen LogP contribution in [0.4, 0.5) is 23.7 Å². The van der Waals surface area contributed by atoms with Crippen molar-refractivity contribution in [3.8, 4) is 0 Å². The monoisotopic (exact) mass is 405 g/mol. The Balaban J connectivity index is 1.54. The number of halogens is 3. The first-order chi connectivity index (χ1) is 13.8. The number of piperidine rings is 1. The van der Waals surface area contributed by atoms with E-state index in [4.69, 9.17) is 0 Å². The Labute approximate surface area is 166 Å². The molecule has 1 aliphatic rings. The van der Waals surface area contributed by atoms with Crippen molar-refractivity contribution in [2.75, 3.05) is 18.4 Å². The summed E-state index contributed by atoms with van der Waals surface area (Å²) in [5, 5.41) is 5.49. The van der Waals surface area contributed by atoms with E-state index in [0.717, 1.165) is 12.1 Å². The minimum atomic E-state index is -4.42. The standard InChI is InChI=1S/C21H22F3N3O2/c22-21(23,24)17-8-4-6-15(12-17)13-25-20(29)27-11-5-7-16(14-27)19(28)26-18-9-2-1-3-10-18/h1-4,6,8-10,12,16H,5,7,11,13-14H2,(H,25,29)(H,26,28)/t16-/m1/s1. The Morgan fingerprint density at radius 2 is 1.83 bits per heavy atom. The molecule has 2 N–H and O–H groups in total. The van der Waals surface area contributed by atoms with Crippen molar-refractivity contribution in [1.29, 1.82) is 0 Å². The topological polar surface area (TPSA) is 61.4 Å². The molecule has 0 aliphatic carbocycles. The van der Waals surface area contributed by atoms with Crippen LogP contribution in [0.15, 0.2) is 54.6 Å². The highest BCUT2D eigenvalue weighted by molar-refractivity contribution is 5.93. The maximum Gasteiger partial charge on any atom is 0.416 e. The zero-order valence-electron chi connectivity index (χ0n) is 15.7. The lowest BCUT2D eigenvalue weighted by molar-refractivity contribution is -0.137. The summed E-state index contributed by atoms with van der Waals surface area (Å²) in [6, 6.07) is 13.6. The molecule has 2 aromatic carbocycles. The van der Waals surface area contributed by atoms with Crippen LogP contribution in [0.25, 0.3) is 0 Å². The van der Waals surface area contributed by atoms with Crippen molar-refractivity contribution in [3.05, 3.63) is 65.7 Å². The molecule has 3 rings (SSSR count). The van der Waals surface area contributed by atoms with Gasteiger partial charge in [0.25, 0.3) is 0 Å². The van der Waals surface area contributed by atoms with Gasteiger partial charge in [0.1, 0.15) is 0 Å². The summed E-state index contributed by atoms with van der Waals surface area (Å²) in [4.78, 5) is 26.4. The molecule has 1 aliphatic heterocycles. The molecule has 1 saturated heterocycles. The number of urea groups is 1. The number of hydrogen-bond acceptors (Lipinski definition) is 2. The normalized spacial score (nSPS) is 16.9. The fourth-order valence-electron chi connectivity index (χ4n) is 3.29. The number of alkyl halides is 3. The number of carbonyl (C=O) groups is 2. The molecule has 2 aromatic rings. The third-order valence-electron chi connectivity index (χ3n) is 4.82. The van der Waals surface area contributed by atoms with Crippen LogP contribution in [0.5, 0.6) is 0 Å². The van der Waals surface area contributed by atoms with Gasteiger partial charge in [0.15, 0.2) is 0 Å². The van der Waals surface area contributed by atoms with E-state index in [-0.39, 0.29) is 30.9 Å². The summed E-state index contributed by atoms with van der Waals surface area (Å²) in [6.45, 7) is 0.761. The molecular weight excluding hydrogens is 383 g/mol. The van der Waals surface area contributed by atoms with E-state index in [1.54, 1.807) is 12.1 Å². The minimum absolute atomic E-state index is 0.0138. The van der Waals surface area contributed by atoms with Crippen LogP contribution >= 0.6 is 0 Å². The summed E-state index contributed by atoms with van der Waals surface area (Å²) in [5.74, 6) is -0.477. The molecule has 29 heavy (non-hydrogen) atoms. The van der Waals surface area contributed by atoms with E-state index < -0.39 is 11.7 Å². The Morgan fingerprint density at radius 3 is 2.55 bits per heavy atom. The van der Waals surface area contributed by atoms with Crippen molar-refractivity contribution in [2.45, 2.75) is 25.6 Å². The third-order valence-corrected chi connectivity index (χ3v) is 4.82. The highest BCUT2D eigenvalue weighted by Gasteiger charge is 2.31. The number of likely N-dealkylation sites (tertiary alicyclic amines) is 1. The fourth-order valence-corrected chi connectivity index (χ4v) is 3.29. The quantitative estimate of drug-likeness (QED) is 0.798. The van der Waals surface area contributed by atoms with Crippen LogP contribution in [-0.4, -0.2) is 29.9 Å². The number of nitrogens with one attached hydrogen (secondary N) is 2. The number of amides is 3. The van der Waals surface area contributed by atoms with Crippen molar-refractivity contribution in [3.63, 3.8) is 0 Å². The van der Waals surface area contributed by atoms with Gasteiger partial charge in [0.05, 0.1) is 11.5 Å². The summed E-state index contributed by atoms with van der Waals surface area (Å²) < 4.78 is 38.4. The molecule has 3 amide bonds. The van der Waals surface area contributed by atoms with Gasteiger partial charge in [0, 0.05) is 25.3 Å². The van der Waals surface area contributed by atoms with Gasteiger partial charge >= 0.3 is 12.2 Å². The lowest BCUT2D eigenvalue weighted by atomic mass is 9.97. The predicted octanol–water partition coefficient (Wildman–Crippen LogP) is 4.27. The zero-order valence-corrected chi connectivity index (χ0v) is 15.7. The average molecular weight is 405 g/mol. The molecule has 8 heteroatoms.